The molecule has 1 aliphatic rings. The van der Waals surface area contributed by atoms with Crippen LogP contribution in [-0.4, -0.2) is 18.5 Å². The second-order valence-corrected chi connectivity index (χ2v) is 9.40. The van der Waals surface area contributed by atoms with Gasteiger partial charge in [-0.25, -0.2) is 9.69 Å². The number of ether oxygens (including phenoxy) is 2. The van der Waals surface area contributed by atoms with Crippen LogP contribution in [0.1, 0.15) is 23.6 Å². The van der Waals surface area contributed by atoms with Crippen molar-refractivity contribution in [3.8, 4) is 11.5 Å². The van der Waals surface area contributed by atoms with Gasteiger partial charge in [0.2, 0.25) is 0 Å². The lowest BCUT2D eigenvalue weighted by Gasteiger charge is -2.17. The van der Waals surface area contributed by atoms with Gasteiger partial charge in [-0.2, -0.15) is 0 Å². The molecule has 0 saturated carbocycles. The van der Waals surface area contributed by atoms with Crippen molar-refractivity contribution in [3.05, 3.63) is 119 Å². The van der Waals surface area contributed by atoms with Crippen molar-refractivity contribution >= 4 is 46.1 Å². The highest BCUT2D eigenvalue weighted by molar-refractivity contribution is 6.31. The van der Waals surface area contributed by atoms with Crippen molar-refractivity contribution in [3.63, 3.8) is 0 Å². The van der Waals surface area contributed by atoms with Gasteiger partial charge in [0.1, 0.15) is 12.3 Å². The lowest BCUT2D eigenvalue weighted by atomic mass is 10.0. The molecule has 0 aliphatic carbocycles. The molecule has 6 nitrogen and oxygen atoms in total. The van der Waals surface area contributed by atoms with Gasteiger partial charge in [-0.3, -0.25) is 4.79 Å². The highest BCUT2D eigenvalue weighted by Gasteiger charge is 2.35. The Labute approximate surface area is 232 Å². The maximum absolute atomic E-state index is 13.1. The molecule has 1 heterocycles. The van der Waals surface area contributed by atoms with E-state index in [-0.39, 0.29) is 5.70 Å². The number of anilines is 1. The van der Waals surface area contributed by atoms with Crippen LogP contribution < -0.4 is 19.7 Å². The van der Waals surface area contributed by atoms with Gasteiger partial charge in [0.25, 0.3) is 5.91 Å². The lowest BCUT2D eigenvalue weighted by Crippen LogP contribution is -2.30. The number of nitrogens with one attached hydrogen (secondary N) is 1. The number of fused-ring (bicyclic) bond motifs is 1. The molecule has 7 heteroatoms. The van der Waals surface area contributed by atoms with Crippen molar-refractivity contribution in [2.24, 2.45) is 0 Å². The van der Waals surface area contributed by atoms with Gasteiger partial charge in [-0.05, 0) is 77.7 Å². The summed E-state index contributed by atoms with van der Waals surface area (Å²) in [4.78, 5) is 26.8. The number of benzene rings is 4. The molecule has 5 rings (SSSR count). The average Bonchev–Trinajstić information content (AvgIpc) is 3.21. The van der Waals surface area contributed by atoms with E-state index >= 15 is 0 Å². The van der Waals surface area contributed by atoms with Gasteiger partial charge < -0.3 is 14.8 Å². The van der Waals surface area contributed by atoms with Crippen LogP contribution >= 0.6 is 11.6 Å². The third-order valence-electron chi connectivity index (χ3n) is 6.34. The van der Waals surface area contributed by atoms with E-state index in [1.54, 1.807) is 36.4 Å². The summed E-state index contributed by atoms with van der Waals surface area (Å²) >= 11 is 5.96. The molecule has 0 radical (unpaired) electrons. The molecule has 39 heavy (non-hydrogen) atoms. The number of halogens is 1. The molecule has 4 aromatic carbocycles. The van der Waals surface area contributed by atoms with Crippen molar-refractivity contribution in [2.75, 3.05) is 11.5 Å². The molecule has 1 saturated heterocycles. The Morgan fingerprint density at radius 3 is 2.49 bits per heavy atom. The van der Waals surface area contributed by atoms with Crippen molar-refractivity contribution in [2.45, 2.75) is 20.0 Å². The second-order valence-electron chi connectivity index (χ2n) is 8.97. The molecule has 3 amide bonds. The molecular formula is C32H27ClN2O4. The molecule has 196 valence electrons. The molecule has 1 aliphatic heterocycles. The van der Waals surface area contributed by atoms with Crippen molar-refractivity contribution in [1.82, 2.24) is 5.32 Å². The summed E-state index contributed by atoms with van der Waals surface area (Å²) < 4.78 is 12.3. The SMILES string of the molecule is C=CCc1cc(/C=C2/NC(=O)N(c3ccc(Cl)cc3)C2=O)cc(OCC)c1OCc1cccc2ccccc12. The lowest BCUT2D eigenvalue weighted by molar-refractivity contribution is -0.113. The Bertz CT molecular complexity index is 1590. The number of allylic oxidation sites excluding steroid dienone is 1. The molecule has 0 spiro atoms. The van der Waals surface area contributed by atoms with Crippen molar-refractivity contribution < 1.29 is 19.1 Å². The number of nitrogens with zero attached hydrogens (tertiary/aromatic N) is 1. The molecule has 0 atom stereocenters. The van der Waals surface area contributed by atoms with Crippen LogP contribution in [0.4, 0.5) is 10.5 Å². The molecular weight excluding hydrogens is 512 g/mol. The molecule has 1 N–H and O–H groups in total. The summed E-state index contributed by atoms with van der Waals surface area (Å²) in [6, 6.07) is 24.0. The molecule has 1 fully saturated rings. The minimum absolute atomic E-state index is 0.159. The maximum atomic E-state index is 13.1. The number of rotatable bonds is 9. The minimum Gasteiger partial charge on any atom is -0.490 e. The largest absolute Gasteiger partial charge is 0.490 e. The van der Waals surface area contributed by atoms with E-state index in [1.165, 1.54) is 0 Å². The number of hydrogen-bond donors (Lipinski definition) is 1. The zero-order valence-corrected chi connectivity index (χ0v) is 22.2. The van der Waals surface area contributed by atoms with E-state index < -0.39 is 11.9 Å². The van der Waals surface area contributed by atoms with E-state index in [9.17, 15) is 9.59 Å². The van der Waals surface area contributed by atoms with E-state index in [2.05, 4.69) is 36.2 Å². The summed E-state index contributed by atoms with van der Waals surface area (Å²) in [5, 5.41) is 5.46. The highest BCUT2D eigenvalue weighted by atomic mass is 35.5. The third-order valence-corrected chi connectivity index (χ3v) is 6.60. The number of hydrogen-bond acceptors (Lipinski definition) is 4. The summed E-state index contributed by atoms with van der Waals surface area (Å²) in [6.45, 7) is 6.58. The van der Waals surface area contributed by atoms with E-state index in [0.29, 0.717) is 47.4 Å². The first kappa shape index (κ1) is 26.1. The zero-order chi connectivity index (χ0) is 27.4. The van der Waals surface area contributed by atoms with Gasteiger partial charge >= 0.3 is 6.03 Å². The number of carbonyl (C=O) groups excluding carboxylic acids is 2. The fourth-order valence-corrected chi connectivity index (χ4v) is 4.72. The second kappa shape index (κ2) is 11.5. The monoisotopic (exact) mass is 538 g/mol. The Morgan fingerprint density at radius 1 is 0.949 bits per heavy atom. The number of imide groups is 1. The third kappa shape index (κ3) is 5.52. The topological polar surface area (TPSA) is 67.9 Å². The quantitative estimate of drug-likeness (QED) is 0.138. The average molecular weight is 539 g/mol. The molecule has 4 aromatic rings. The van der Waals surface area contributed by atoms with E-state index in [4.69, 9.17) is 21.1 Å². The van der Waals surface area contributed by atoms with Gasteiger partial charge in [0.15, 0.2) is 11.5 Å². The summed E-state index contributed by atoms with van der Waals surface area (Å²) in [5.41, 5.74) is 3.20. The van der Waals surface area contributed by atoms with Gasteiger partial charge in [-0.15, -0.1) is 6.58 Å². The fourth-order valence-electron chi connectivity index (χ4n) is 4.60. The first-order chi connectivity index (χ1) is 19.0. The smallest absolute Gasteiger partial charge is 0.333 e. The highest BCUT2D eigenvalue weighted by Crippen LogP contribution is 2.36. The van der Waals surface area contributed by atoms with Crippen LogP contribution in [0.5, 0.6) is 11.5 Å². The molecule has 0 aromatic heterocycles. The van der Waals surface area contributed by atoms with Crippen molar-refractivity contribution in [1.29, 1.82) is 0 Å². The van der Waals surface area contributed by atoms with Gasteiger partial charge in [0, 0.05) is 10.6 Å². The van der Waals surface area contributed by atoms with Crippen LogP contribution in [0, 0.1) is 0 Å². The van der Waals surface area contributed by atoms with Gasteiger partial charge in [0.05, 0.1) is 12.3 Å². The minimum atomic E-state index is -0.528. The Balaban J connectivity index is 1.47. The summed E-state index contributed by atoms with van der Waals surface area (Å²) in [6.07, 6.45) is 3.95. The van der Waals surface area contributed by atoms with Crippen LogP contribution in [0.25, 0.3) is 16.8 Å². The maximum Gasteiger partial charge on any atom is 0.333 e. The fraction of sp³-hybridized carbons (Fsp3) is 0.125. The predicted octanol–water partition coefficient (Wildman–Crippen LogP) is 7.30. The molecule has 0 unspecified atom stereocenters. The normalized spacial score (nSPS) is 14.1. The number of carbonyl (C=O) groups is 2. The Morgan fingerprint density at radius 2 is 1.72 bits per heavy atom. The Kier molecular flexibility index (Phi) is 7.66. The van der Waals surface area contributed by atoms with Gasteiger partial charge in [-0.1, -0.05) is 60.1 Å². The van der Waals surface area contributed by atoms with E-state index in [1.807, 2.05) is 37.3 Å². The summed E-state index contributed by atoms with van der Waals surface area (Å²) in [7, 11) is 0. The number of urea groups is 1. The number of amides is 3. The predicted molar refractivity (Wildman–Crippen MR) is 155 cm³/mol. The van der Waals surface area contributed by atoms with E-state index in [0.717, 1.165) is 26.8 Å². The van der Waals surface area contributed by atoms with Crippen LogP contribution in [0.2, 0.25) is 5.02 Å². The van der Waals surface area contributed by atoms with Crippen LogP contribution in [0.15, 0.2) is 97.2 Å². The standard InChI is InChI=1S/C32H27ClN2O4/c1-3-8-23-17-21(18-28-31(36)35(32(37)34-28)26-15-13-25(33)14-16-26)19-29(38-4-2)30(23)39-20-24-11-7-10-22-9-5-6-12-27(22)24/h3,5-7,9-19H,1,4,8,20H2,2H3,(H,34,37)/b28-18+. The molecule has 0 bridgehead atoms. The Hall–Kier alpha value is -4.55. The first-order valence-electron chi connectivity index (χ1n) is 12.6. The first-order valence-corrected chi connectivity index (χ1v) is 13.0. The van der Waals surface area contributed by atoms with Crippen LogP contribution in [0.3, 0.4) is 0 Å². The summed E-state index contributed by atoms with van der Waals surface area (Å²) in [5.74, 6) is 0.716. The van der Waals surface area contributed by atoms with Crippen LogP contribution in [-0.2, 0) is 17.8 Å². The zero-order valence-electron chi connectivity index (χ0n) is 21.4.